The minimum atomic E-state index is 0.338. The Hall–Kier alpha value is -2.07. The van der Waals surface area contributed by atoms with Crippen LogP contribution < -0.4 is 15.4 Å². The molecule has 0 spiro atoms. The molecule has 21 heavy (non-hydrogen) atoms. The summed E-state index contributed by atoms with van der Waals surface area (Å²) in [6.45, 7) is 2.53. The highest BCUT2D eigenvalue weighted by Gasteiger charge is 2.18. The molecule has 1 fully saturated rings. The zero-order valence-electron chi connectivity index (χ0n) is 12.1. The molecule has 0 aliphatic carbocycles. The SMILES string of the molecule is NC1CCN(c2ccccc2OCc2cccnc2)CC1. The van der Waals surface area contributed by atoms with Gasteiger partial charge in [0, 0.05) is 37.1 Å². The first-order chi connectivity index (χ1) is 10.3. The predicted octanol–water partition coefficient (Wildman–Crippen LogP) is 2.59. The molecule has 2 N–H and O–H groups in total. The largest absolute Gasteiger partial charge is 0.487 e. The molecule has 0 radical (unpaired) electrons. The Morgan fingerprint density at radius 2 is 1.95 bits per heavy atom. The normalized spacial score (nSPS) is 16.0. The van der Waals surface area contributed by atoms with Crippen LogP contribution in [0.1, 0.15) is 18.4 Å². The molecular formula is C17H21N3O. The third kappa shape index (κ3) is 3.52. The van der Waals surface area contributed by atoms with Crippen molar-refractivity contribution in [2.24, 2.45) is 5.73 Å². The second-order valence-electron chi connectivity index (χ2n) is 5.44. The van der Waals surface area contributed by atoms with Gasteiger partial charge in [-0.3, -0.25) is 4.98 Å². The van der Waals surface area contributed by atoms with Gasteiger partial charge >= 0.3 is 0 Å². The van der Waals surface area contributed by atoms with E-state index >= 15 is 0 Å². The van der Waals surface area contributed by atoms with Crippen LogP contribution in [0.25, 0.3) is 0 Å². The Morgan fingerprint density at radius 3 is 2.71 bits per heavy atom. The number of aromatic nitrogens is 1. The summed E-state index contributed by atoms with van der Waals surface area (Å²) in [5.74, 6) is 0.928. The van der Waals surface area contributed by atoms with E-state index in [0.29, 0.717) is 12.6 Å². The van der Waals surface area contributed by atoms with E-state index in [4.69, 9.17) is 10.5 Å². The fraction of sp³-hybridized carbons (Fsp3) is 0.353. The lowest BCUT2D eigenvalue weighted by Gasteiger charge is -2.33. The van der Waals surface area contributed by atoms with Crippen molar-refractivity contribution >= 4 is 5.69 Å². The first kappa shape index (κ1) is 13.9. The highest BCUT2D eigenvalue weighted by molar-refractivity contribution is 5.58. The molecule has 4 nitrogen and oxygen atoms in total. The van der Waals surface area contributed by atoms with Crippen molar-refractivity contribution in [1.82, 2.24) is 4.98 Å². The van der Waals surface area contributed by atoms with Crippen molar-refractivity contribution in [2.75, 3.05) is 18.0 Å². The van der Waals surface area contributed by atoms with Gasteiger partial charge in [0.2, 0.25) is 0 Å². The maximum atomic E-state index is 5.99. The number of ether oxygens (including phenoxy) is 1. The van der Waals surface area contributed by atoms with Crippen molar-refractivity contribution < 1.29 is 4.74 Å². The third-order valence-electron chi connectivity index (χ3n) is 3.86. The van der Waals surface area contributed by atoms with E-state index in [1.165, 1.54) is 0 Å². The van der Waals surface area contributed by atoms with Crippen molar-refractivity contribution in [3.05, 3.63) is 54.4 Å². The Labute approximate surface area is 125 Å². The number of hydrogen-bond donors (Lipinski definition) is 1. The lowest BCUT2D eigenvalue weighted by molar-refractivity contribution is 0.305. The van der Waals surface area contributed by atoms with E-state index < -0.39 is 0 Å². The molecule has 0 bridgehead atoms. The van der Waals surface area contributed by atoms with Crippen LogP contribution in [0, 0.1) is 0 Å². The molecule has 1 aromatic carbocycles. The van der Waals surface area contributed by atoms with E-state index in [1.807, 2.05) is 30.5 Å². The third-order valence-corrected chi connectivity index (χ3v) is 3.86. The van der Waals surface area contributed by atoms with Gasteiger partial charge in [0.15, 0.2) is 0 Å². The molecule has 4 heteroatoms. The topological polar surface area (TPSA) is 51.4 Å². The van der Waals surface area contributed by atoms with Crippen molar-refractivity contribution in [1.29, 1.82) is 0 Å². The zero-order chi connectivity index (χ0) is 14.5. The molecule has 1 aromatic heterocycles. The van der Waals surface area contributed by atoms with Crippen LogP contribution in [0.15, 0.2) is 48.8 Å². The zero-order valence-corrected chi connectivity index (χ0v) is 12.1. The number of nitrogens with two attached hydrogens (primary N) is 1. The summed E-state index contributed by atoms with van der Waals surface area (Å²) in [6.07, 6.45) is 5.69. The van der Waals surface area contributed by atoms with Crippen LogP contribution in [0.4, 0.5) is 5.69 Å². The number of benzene rings is 1. The van der Waals surface area contributed by atoms with Crippen LogP contribution >= 0.6 is 0 Å². The standard InChI is InChI=1S/C17H21N3O/c18-15-7-10-20(11-8-15)16-5-1-2-6-17(16)21-13-14-4-3-9-19-12-14/h1-6,9,12,15H,7-8,10-11,13,18H2. The minimum absolute atomic E-state index is 0.338. The first-order valence-corrected chi connectivity index (χ1v) is 7.44. The average molecular weight is 283 g/mol. The second-order valence-corrected chi connectivity index (χ2v) is 5.44. The van der Waals surface area contributed by atoms with E-state index in [0.717, 1.165) is 42.9 Å². The Kier molecular flexibility index (Phi) is 4.36. The van der Waals surface area contributed by atoms with Crippen molar-refractivity contribution in [2.45, 2.75) is 25.5 Å². The lowest BCUT2D eigenvalue weighted by Crippen LogP contribution is -2.39. The highest BCUT2D eigenvalue weighted by atomic mass is 16.5. The molecule has 1 saturated heterocycles. The van der Waals surface area contributed by atoms with Gasteiger partial charge in [-0.05, 0) is 31.0 Å². The number of anilines is 1. The second kappa shape index (κ2) is 6.59. The predicted molar refractivity (Wildman–Crippen MR) is 84.4 cm³/mol. The maximum Gasteiger partial charge on any atom is 0.143 e. The molecule has 0 amide bonds. The number of nitrogens with zero attached hydrogens (tertiary/aromatic N) is 2. The summed E-state index contributed by atoms with van der Waals surface area (Å²) < 4.78 is 5.99. The van der Waals surface area contributed by atoms with E-state index in [2.05, 4.69) is 22.0 Å². The number of pyridine rings is 1. The molecular weight excluding hydrogens is 262 g/mol. The van der Waals surface area contributed by atoms with Gasteiger partial charge in [-0.25, -0.2) is 0 Å². The summed E-state index contributed by atoms with van der Waals surface area (Å²) in [5.41, 5.74) is 8.22. The Morgan fingerprint density at radius 1 is 1.14 bits per heavy atom. The minimum Gasteiger partial charge on any atom is -0.487 e. The summed E-state index contributed by atoms with van der Waals surface area (Å²) in [6, 6.07) is 12.5. The molecule has 3 rings (SSSR count). The fourth-order valence-corrected chi connectivity index (χ4v) is 2.63. The van der Waals surface area contributed by atoms with Crippen LogP contribution in [-0.4, -0.2) is 24.1 Å². The number of hydrogen-bond acceptors (Lipinski definition) is 4. The van der Waals surface area contributed by atoms with E-state index in [1.54, 1.807) is 6.20 Å². The molecule has 1 aliphatic rings. The number of para-hydroxylation sites is 2. The summed E-state index contributed by atoms with van der Waals surface area (Å²) >= 11 is 0. The Balaban J connectivity index is 1.70. The van der Waals surface area contributed by atoms with Crippen molar-refractivity contribution in [3.63, 3.8) is 0 Å². The van der Waals surface area contributed by atoms with Gasteiger partial charge in [-0.1, -0.05) is 18.2 Å². The molecule has 0 atom stereocenters. The van der Waals surface area contributed by atoms with Gasteiger partial charge < -0.3 is 15.4 Å². The molecule has 1 aliphatic heterocycles. The summed E-state index contributed by atoms with van der Waals surface area (Å²) in [5, 5.41) is 0. The average Bonchev–Trinajstić information content (AvgIpc) is 2.55. The first-order valence-electron chi connectivity index (χ1n) is 7.44. The quantitative estimate of drug-likeness (QED) is 0.937. The molecule has 0 saturated carbocycles. The van der Waals surface area contributed by atoms with Crippen LogP contribution in [0.3, 0.4) is 0 Å². The maximum absolute atomic E-state index is 5.99. The molecule has 110 valence electrons. The van der Waals surface area contributed by atoms with Gasteiger partial charge in [0.25, 0.3) is 0 Å². The molecule has 2 aromatic rings. The monoisotopic (exact) mass is 283 g/mol. The van der Waals surface area contributed by atoms with E-state index in [9.17, 15) is 0 Å². The van der Waals surface area contributed by atoms with Gasteiger partial charge in [0.05, 0.1) is 5.69 Å². The summed E-state index contributed by atoms with van der Waals surface area (Å²) in [4.78, 5) is 6.48. The highest BCUT2D eigenvalue weighted by Crippen LogP contribution is 2.30. The van der Waals surface area contributed by atoms with Gasteiger partial charge in [-0.15, -0.1) is 0 Å². The number of piperidine rings is 1. The van der Waals surface area contributed by atoms with Crippen LogP contribution in [0.2, 0.25) is 0 Å². The van der Waals surface area contributed by atoms with E-state index in [-0.39, 0.29) is 0 Å². The van der Waals surface area contributed by atoms with Crippen LogP contribution in [0.5, 0.6) is 5.75 Å². The van der Waals surface area contributed by atoms with Gasteiger partial charge in [0.1, 0.15) is 12.4 Å². The number of rotatable bonds is 4. The molecule has 0 unspecified atom stereocenters. The summed E-state index contributed by atoms with van der Waals surface area (Å²) in [7, 11) is 0. The van der Waals surface area contributed by atoms with Crippen molar-refractivity contribution in [3.8, 4) is 5.75 Å². The Bertz CT molecular complexity index is 565. The fourth-order valence-electron chi connectivity index (χ4n) is 2.63. The van der Waals surface area contributed by atoms with Crippen LogP contribution in [-0.2, 0) is 6.61 Å². The van der Waals surface area contributed by atoms with Gasteiger partial charge in [-0.2, -0.15) is 0 Å². The lowest BCUT2D eigenvalue weighted by atomic mass is 10.1. The smallest absolute Gasteiger partial charge is 0.143 e. The molecule has 2 heterocycles.